The highest BCUT2D eigenvalue weighted by molar-refractivity contribution is 5.83. The van der Waals surface area contributed by atoms with Crippen molar-refractivity contribution in [2.24, 2.45) is 0 Å². The molecule has 0 aliphatic rings. The van der Waals surface area contributed by atoms with Gasteiger partial charge in [-0.3, -0.25) is 0 Å². The van der Waals surface area contributed by atoms with Crippen molar-refractivity contribution in [3.8, 4) is 34.0 Å². The van der Waals surface area contributed by atoms with Gasteiger partial charge in [0, 0.05) is 31.4 Å². The van der Waals surface area contributed by atoms with Crippen molar-refractivity contribution in [1.29, 1.82) is 0 Å². The van der Waals surface area contributed by atoms with E-state index in [0.717, 1.165) is 17.5 Å². The van der Waals surface area contributed by atoms with E-state index in [1.54, 1.807) is 21.3 Å². The van der Waals surface area contributed by atoms with Gasteiger partial charge < -0.3 is 19.5 Å². The molecule has 28 heavy (non-hydrogen) atoms. The molecule has 1 heterocycles. The zero-order valence-electron chi connectivity index (χ0n) is 16.3. The highest BCUT2D eigenvalue weighted by Crippen LogP contribution is 2.38. The van der Waals surface area contributed by atoms with Gasteiger partial charge in [-0.2, -0.15) is 0 Å². The van der Waals surface area contributed by atoms with Crippen molar-refractivity contribution in [2.75, 3.05) is 39.8 Å². The van der Waals surface area contributed by atoms with E-state index in [1.165, 1.54) is 0 Å². The van der Waals surface area contributed by atoms with Crippen molar-refractivity contribution in [3.05, 3.63) is 48.5 Å². The minimum absolute atomic E-state index is 0.454. The number of nitrogens with zero attached hydrogens (tertiary/aromatic N) is 3. The van der Waals surface area contributed by atoms with Crippen LogP contribution in [0.15, 0.2) is 48.5 Å². The van der Waals surface area contributed by atoms with Crippen LogP contribution in [0.3, 0.4) is 0 Å². The maximum Gasteiger partial charge on any atom is 0.243 e. The number of hydrogen-bond donors (Lipinski definition) is 1. The summed E-state index contributed by atoms with van der Waals surface area (Å²) in [5, 5.41) is 11.9. The fraction of sp³-hybridized carbons (Fsp3) is 0.286. The molecule has 0 bridgehead atoms. The Morgan fingerprint density at radius 3 is 2.00 bits per heavy atom. The number of methoxy groups -OCH3 is 3. The third kappa shape index (κ3) is 4.37. The number of para-hydroxylation sites is 2. The first-order valence-electron chi connectivity index (χ1n) is 9.02. The van der Waals surface area contributed by atoms with E-state index in [-0.39, 0.29) is 0 Å². The zero-order chi connectivity index (χ0) is 19.8. The molecule has 146 valence electrons. The Bertz CT molecular complexity index is 918. The van der Waals surface area contributed by atoms with E-state index < -0.39 is 0 Å². The molecule has 0 saturated carbocycles. The molecule has 0 radical (unpaired) electrons. The van der Waals surface area contributed by atoms with Crippen LogP contribution >= 0.6 is 0 Å². The summed E-state index contributed by atoms with van der Waals surface area (Å²) < 4.78 is 16.1. The van der Waals surface area contributed by atoms with Gasteiger partial charge in [-0.25, -0.2) is 4.98 Å². The lowest BCUT2D eigenvalue weighted by molar-refractivity contribution is 0.197. The fourth-order valence-electron chi connectivity index (χ4n) is 2.87. The first kappa shape index (κ1) is 19.6. The van der Waals surface area contributed by atoms with Crippen LogP contribution in [-0.4, -0.2) is 49.7 Å². The van der Waals surface area contributed by atoms with E-state index in [0.29, 0.717) is 42.0 Å². The molecule has 0 spiro atoms. The Kier molecular flexibility index (Phi) is 6.75. The van der Waals surface area contributed by atoms with Crippen molar-refractivity contribution in [1.82, 2.24) is 15.2 Å². The number of ether oxygens (including phenoxy) is 3. The Morgan fingerprint density at radius 2 is 1.39 bits per heavy atom. The summed E-state index contributed by atoms with van der Waals surface area (Å²) >= 11 is 0. The molecule has 0 aliphatic heterocycles. The monoisotopic (exact) mass is 380 g/mol. The van der Waals surface area contributed by atoms with Crippen LogP contribution in [0.25, 0.3) is 22.5 Å². The van der Waals surface area contributed by atoms with Crippen molar-refractivity contribution in [2.45, 2.75) is 6.42 Å². The minimum Gasteiger partial charge on any atom is -0.496 e. The van der Waals surface area contributed by atoms with Crippen LogP contribution < -0.4 is 14.8 Å². The summed E-state index contributed by atoms with van der Waals surface area (Å²) in [6, 6.07) is 15.4. The molecule has 0 saturated heterocycles. The predicted molar refractivity (Wildman–Crippen MR) is 109 cm³/mol. The number of aromatic nitrogens is 3. The quantitative estimate of drug-likeness (QED) is 0.567. The normalized spacial score (nSPS) is 10.5. The number of benzene rings is 2. The van der Waals surface area contributed by atoms with Gasteiger partial charge >= 0.3 is 0 Å². The summed E-state index contributed by atoms with van der Waals surface area (Å²) in [6.07, 6.45) is 0.845. The third-order valence-corrected chi connectivity index (χ3v) is 4.22. The van der Waals surface area contributed by atoms with Crippen molar-refractivity contribution < 1.29 is 14.2 Å². The number of anilines is 1. The summed E-state index contributed by atoms with van der Waals surface area (Å²) in [5.41, 5.74) is 2.95. The average Bonchev–Trinajstić information content (AvgIpc) is 2.76. The van der Waals surface area contributed by atoms with E-state index in [4.69, 9.17) is 19.2 Å². The van der Waals surface area contributed by atoms with E-state index in [9.17, 15) is 0 Å². The number of nitrogens with one attached hydrogen (secondary N) is 1. The molecule has 2 aromatic carbocycles. The zero-order valence-corrected chi connectivity index (χ0v) is 16.3. The molecular weight excluding hydrogens is 356 g/mol. The highest BCUT2D eigenvalue weighted by atomic mass is 16.5. The molecule has 0 atom stereocenters. The maximum atomic E-state index is 5.54. The maximum absolute atomic E-state index is 5.54. The van der Waals surface area contributed by atoms with Crippen molar-refractivity contribution in [3.63, 3.8) is 0 Å². The van der Waals surface area contributed by atoms with Crippen molar-refractivity contribution >= 4 is 5.95 Å². The Balaban J connectivity index is 2.09. The predicted octanol–water partition coefficient (Wildman–Crippen LogP) is 3.67. The Hall–Kier alpha value is -3.19. The molecule has 7 nitrogen and oxygen atoms in total. The van der Waals surface area contributed by atoms with Crippen LogP contribution in [0.5, 0.6) is 11.5 Å². The molecule has 1 N–H and O–H groups in total. The van der Waals surface area contributed by atoms with Crippen LogP contribution in [0.1, 0.15) is 6.42 Å². The highest BCUT2D eigenvalue weighted by Gasteiger charge is 2.19. The second-order valence-corrected chi connectivity index (χ2v) is 6.01. The van der Waals surface area contributed by atoms with Gasteiger partial charge in [-0.15, -0.1) is 10.2 Å². The summed E-state index contributed by atoms with van der Waals surface area (Å²) in [5.74, 6) is 1.87. The third-order valence-electron chi connectivity index (χ3n) is 4.22. The average molecular weight is 380 g/mol. The fourth-order valence-corrected chi connectivity index (χ4v) is 2.87. The van der Waals surface area contributed by atoms with Crippen LogP contribution in [0.4, 0.5) is 5.95 Å². The lowest BCUT2D eigenvalue weighted by atomic mass is 10.0. The summed E-state index contributed by atoms with van der Waals surface area (Å²) in [6.45, 7) is 1.36. The minimum atomic E-state index is 0.454. The largest absolute Gasteiger partial charge is 0.496 e. The second-order valence-electron chi connectivity index (χ2n) is 6.01. The van der Waals surface area contributed by atoms with Gasteiger partial charge in [0.15, 0.2) is 0 Å². The molecule has 3 rings (SSSR count). The van der Waals surface area contributed by atoms with Gasteiger partial charge in [0.1, 0.15) is 22.9 Å². The topological polar surface area (TPSA) is 78.4 Å². The molecule has 1 aromatic heterocycles. The van der Waals surface area contributed by atoms with Crippen LogP contribution in [0.2, 0.25) is 0 Å². The van der Waals surface area contributed by atoms with Crippen LogP contribution in [0, 0.1) is 0 Å². The summed E-state index contributed by atoms with van der Waals surface area (Å²) in [7, 11) is 4.95. The van der Waals surface area contributed by atoms with Gasteiger partial charge in [-0.05, 0) is 30.7 Å². The summed E-state index contributed by atoms with van der Waals surface area (Å²) in [4.78, 5) is 4.74. The van der Waals surface area contributed by atoms with E-state index in [1.807, 2.05) is 48.5 Å². The van der Waals surface area contributed by atoms with Gasteiger partial charge in [0.25, 0.3) is 0 Å². The second kappa shape index (κ2) is 9.66. The first-order chi connectivity index (χ1) is 13.8. The van der Waals surface area contributed by atoms with Gasteiger partial charge in [0.2, 0.25) is 5.95 Å². The Morgan fingerprint density at radius 1 is 0.786 bits per heavy atom. The van der Waals surface area contributed by atoms with Crippen LogP contribution in [-0.2, 0) is 4.74 Å². The SMILES string of the molecule is COCCCNc1nnc(-c2ccccc2OC)c(-c2ccccc2OC)n1. The molecular formula is C21H24N4O3. The molecule has 0 aliphatic carbocycles. The molecule has 3 aromatic rings. The number of hydrogen-bond acceptors (Lipinski definition) is 7. The first-order valence-corrected chi connectivity index (χ1v) is 9.02. The molecule has 0 amide bonds. The van der Waals surface area contributed by atoms with Gasteiger partial charge in [-0.1, -0.05) is 24.3 Å². The van der Waals surface area contributed by atoms with Gasteiger partial charge in [0.05, 0.1) is 14.2 Å². The number of rotatable bonds is 9. The lowest BCUT2D eigenvalue weighted by Gasteiger charge is -2.14. The smallest absolute Gasteiger partial charge is 0.243 e. The van der Waals surface area contributed by atoms with E-state index in [2.05, 4.69) is 15.5 Å². The molecule has 7 heteroatoms. The standard InChI is InChI=1S/C21H24N4O3/c1-26-14-8-13-22-21-23-19(15-9-4-6-11-17(15)27-2)20(24-25-21)16-10-5-7-12-18(16)28-3/h4-7,9-12H,8,13-14H2,1-3H3,(H,22,23,25). The Labute approximate surface area is 164 Å². The molecule has 0 unspecified atom stereocenters. The molecule has 0 fully saturated rings. The van der Waals surface area contributed by atoms with E-state index >= 15 is 0 Å². The lowest BCUT2D eigenvalue weighted by Crippen LogP contribution is -2.10.